The number of carbonyl (C=O) groups excluding carboxylic acids is 1. The van der Waals surface area contributed by atoms with Crippen LogP contribution in [0.1, 0.15) is 23.7 Å². The van der Waals surface area contributed by atoms with Crippen molar-refractivity contribution < 1.29 is 19.7 Å². The molecule has 0 saturated carbocycles. The third kappa shape index (κ3) is 1.19. The monoisotopic (exact) mass is 194 g/mol. The standard InChI is InChI=1S/C10H10O4/c1-5-4-7(12)9-8(14-5)3-2-6(11)10(9)13/h2-3,5,11,13H,4H2,1H3/t5-/m0/s1. The largest absolute Gasteiger partial charge is 0.504 e. The van der Waals surface area contributed by atoms with Crippen molar-refractivity contribution in [3.63, 3.8) is 0 Å². The third-order valence-electron chi connectivity index (χ3n) is 2.20. The molecule has 1 aromatic carbocycles. The molecule has 1 heterocycles. The number of rotatable bonds is 0. The normalized spacial score (nSPS) is 20.1. The van der Waals surface area contributed by atoms with Gasteiger partial charge < -0.3 is 14.9 Å². The van der Waals surface area contributed by atoms with Gasteiger partial charge in [-0.25, -0.2) is 0 Å². The van der Waals surface area contributed by atoms with Crippen molar-refractivity contribution in [2.45, 2.75) is 19.4 Å². The fourth-order valence-electron chi connectivity index (χ4n) is 1.55. The summed E-state index contributed by atoms with van der Waals surface area (Å²) in [5, 5.41) is 18.7. The molecule has 74 valence electrons. The molecule has 0 aromatic heterocycles. The molecule has 14 heavy (non-hydrogen) atoms. The number of hydrogen-bond donors (Lipinski definition) is 2. The van der Waals surface area contributed by atoms with Crippen LogP contribution in [0.3, 0.4) is 0 Å². The Hall–Kier alpha value is -1.71. The SMILES string of the molecule is C[C@H]1CC(=O)c2c(ccc(O)c2O)O1. The average molecular weight is 194 g/mol. The minimum absolute atomic E-state index is 0.0862. The van der Waals surface area contributed by atoms with Gasteiger partial charge in [0.25, 0.3) is 0 Å². The van der Waals surface area contributed by atoms with Gasteiger partial charge in [-0.3, -0.25) is 4.79 Å². The number of phenolic OH excluding ortho intramolecular Hbond substituents is 2. The molecule has 0 fully saturated rings. The number of aromatic hydroxyl groups is 2. The van der Waals surface area contributed by atoms with Crippen molar-refractivity contribution in [2.24, 2.45) is 0 Å². The van der Waals surface area contributed by atoms with Gasteiger partial charge in [0.05, 0.1) is 0 Å². The number of fused-ring (bicyclic) bond motifs is 1. The van der Waals surface area contributed by atoms with E-state index >= 15 is 0 Å². The van der Waals surface area contributed by atoms with E-state index in [2.05, 4.69) is 0 Å². The molecule has 1 aliphatic rings. The van der Waals surface area contributed by atoms with Crippen LogP contribution in [0, 0.1) is 0 Å². The second-order valence-electron chi connectivity index (χ2n) is 3.36. The Bertz CT molecular complexity index is 397. The highest BCUT2D eigenvalue weighted by Crippen LogP contribution is 2.39. The topological polar surface area (TPSA) is 66.8 Å². The molecule has 0 radical (unpaired) electrons. The molecule has 2 N–H and O–H groups in total. The number of hydrogen-bond acceptors (Lipinski definition) is 4. The number of phenols is 2. The number of ketones is 1. The van der Waals surface area contributed by atoms with Gasteiger partial charge in [-0.1, -0.05) is 0 Å². The van der Waals surface area contributed by atoms with E-state index in [9.17, 15) is 15.0 Å². The first-order valence-electron chi connectivity index (χ1n) is 4.34. The van der Waals surface area contributed by atoms with Gasteiger partial charge in [-0.05, 0) is 19.1 Å². The lowest BCUT2D eigenvalue weighted by atomic mass is 10.00. The van der Waals surface area contributed by atoms with E-state index in [1.165, 1.54) is 12.1 Å². The summed E-state index contributed by atoms with van der Waals surface area (Å²) in [5.41, 5.74) is 0.0862. The van der Waals surface area contributed by atoms with E-state index in [4.69, 9.17) is 4.74 Å². The highest BCUT2D eigenvalue weighted by atomic mass is 16.5. The Morgan fingerprint density at radius 2 is 2.14 bits per heavy atom. The fourth-order valence-corrected chi connectivity index (χ4v) is 1.55. The molecule has 4 nitrogen and oxygen atoms in total. The summed E-state index contributed by atoms with van der Waals surface area (Å²) in [6.07, 6.45) is 0.0447. The van der Waals surface area contributed by atoms with Crippen molar-refractivity contribution in [1.82, 2.24) is 0 Å². The summed E-state index contributed by atoms with van der Waals surface area (Å²) < 4.78 is 5.35. The summed E-state index contributed by atoms with van der Waals surface area (Å²) in [5.74, 6) is -0.550. The quantitative estimate of drug-likeness (QED) is 0.613. The van der Waals surface area contributed by atoms with Gasteiger partial charge >= 0.3 is 0 Å². The number of Topliss-reactive ketones (excluding diaryl/α,β-unsaturated/α-hetero) is 1. The van der Waals surface area contributed by atoms with E-state index in [1.54, 1.807) is 6.92 Å². The molecule has 1 aromatic rings. The lowest BCUT2D eigenvalue weighted by molar-refractivity contribution is 0.0865. The maximum Gasteiger partial charge on any atom is 0.174 e. The summed E-state index contributed by atoms with van der Waals surface area (Å²) in [6.45, 7) is 1.78. The fraction of sp³-hybridized carbons (Fsp3) is 0.300. The molecule has 1 atom stereocenters. The zero-order valence-corrected chi connectivity index (χ0v) is 7.65. The van der Waals surface area contributed by atoms with E-state index in [-0.39, 0.29) is 35.4 Å². The van der Waals surface area contributed by atoms with Gasteiger partial charge in [0.1, 0.15) is 17.4 Å². The molecule has 1 aliphatic heterocycles. The van der Waals surface area contributed by atoms with E-state index < -0.39 is 0 Å². The highest BCUT2D eigenvalue weighted by Gasteiger charge is 2.27. The van der Waals surface area contributed by atoms with Crippen LogP contribution in [0.25, 0.3) is 0 Å². The van der Waals surface area contributed by atoms with Crippen LogP contribution in [0.2, 0.25) is 0 Å². The summed E-state index contributed by atoms with van der Waals surface area (Å²) >= 11 is 0. The summed E-state index contributed by atoms with van der Waals surface area (Å²) in [4.78, 5) is 11.5. The second-order valence-corrected chi connectivity index (χ2v) is 3.36. The van der Waals surface area contributed by atoms with E-state index in [1.807, 2.05) is 0 Å². The first-order valence-corrected chi connectivity index (χ1v) is 4.34. The average Bonchev–Trinajstić information content (AvgIpc) is 2.10. The van der Waals surface area contributed by atoms with Gasteiger partial charge in [-0.2, -0.15) is 0 Å². The van der Waals surface area contributed by atoms with Crippen molar-refractivity contribution >= 4 is 5.78 Å². The van der Waals surface area contributed by atoms with Crippen molar-refractivity contribution in [2.75, 3.05) is 0 Å². The Morgan fingerprint density at radius 1 is 1.43 bits per heavy atom. The third-order valence-corrected chi connectivity index (χ3v) is 2.20. The van der Waals surface area contributed by atoms with Crippen LogP contribution in [0.4, 0.5) is 0 Å². The first-order chi connectivity index (χ1) is 6.59. The smallest absolute Gasteiger partial charge is 0.174 e. The predicted octanol–water partition coefficient (Wildman–Crippen LogP) is 1.45. The Morgan fingerprint density at radius 3 is 2.86 bits per heavy atom. The minimum atomic E-state index is -0.389. The molecular weight excluding hydrogens is 184 g/mol. The number of ether oxygens (including phenoxy) is 1. The minimum Gasteiger partial charge on any atom is -0.504 e. The van der Waals surface area contributed by atoms with Gasteiger partial charge in [0.2, 0.25) is 0 Å². The molecule has 0 amide bonds. The zero-order chi connectivity index (χ0) is 10.3. The van der Waals surface area contributed by atoms with E-state index in [0.29, 0.717) is 5.75 Å². The molecule has 4 heteroatoms. The maximum atomic E-state index is 11.5. The Labute approximate surface area is 80.7 Å². The van der Waals surface area contributed by atoms with Crippen LogP contribution in [-0.2, 0) is 0 Å². The highest BCUT2D eigenvalue weighted by molar-refractivity contribution is 6.03. The van der Waals surface area contributed by atoms with Crippen molar-refractivity contribution in [3.8, 4) is 17.2 Å². The lowest BCUT2D eigenvalue weighted by Gasteiger charge is -2.22. The lowest BCUT2D eigenvalue weighted by Crippen LogP contribution is -2.23. The Balaban J connectivity index is 2.60. The first kappa shape index (κ1) is 8.87. The van der Waals surface area contributed by atoms with Crippen LogP contribution in [0.15, 0.2) is 12.1 Å². The van der Waals surface area contributed by atoms with Crippen LogP contribution >= 0.6 is 0 Å². The molecule has 0 aliphatic carbocycles. The van der Waals surface area contributed by atoms with Crippen molar-refractivity contribution in [1.29, 1.82) is 0 Å². The van der Waals surface area contributed by atoms with E-state index in [0.717, 1.165) is 0 Å². The van der Waals surface area contributed by atoms with Gasteiger partial charge in [0.15, 0.2) is 17.3 Å². The molecular formula is C10H10O4. The predicted molar refractivity (Wildman–Crippen MR) is 48.8 cm³/mol. The zero-order valence-electron chi connectivity index (χ0n) is 7.65. The van der Waals surface area contributed by atoms with Gasteiger partial charge in [-0.15, -0.1) is 0 Å². The molecule has 0 spiro atoms. The molecule has 0 unspecified atom stereocenters. The van der Waals surface area contributed by atoms with Crippen LogP contribution < -0.4 is 4.74 Å². The molecule has 0 bridgehead atoms. The second kappa shape index (κ2) is 2.90. The number of carbonyl (C=O) groups is 1. The summed E-state index contributed by atoms with van der Waals surface area (Å²) in [7, 11) is 0. The Kier molecular flexibility index (Phi) is 1.84. The summed E-state index contributed by atoms with van der Waals surface area (Å²) in [6, 6.07) is 2.79. The van der Waals surface area contributed by atoms with Gasteiger partial charge in [0, 0.05) is 6.42 Å². The van der Waals surface area contributed by atoms with Crippen molar-refractivity contribution in [3.05, 3.63) is 17.7 Å². The van der Waals surface area contributed by atoms with Crippen LogP contribution in [-0.4, -0.2) is 22.1 Å². The molecule has 0 saturated heterocycles. The molecule has 2 rings (SSSR count). The van der Waals surface area contributed by atoms with Crippen LogP contribution in [0.5, 0.6) is 17.2 Å². The maximum absolute atomic E-state index is 11.5. The number of benzene rings is 1.